The Kier molecular flexibility index (Phi) is 4.74. The fourth-order valence-corrected chi connectivity index (χ4v) is 4.31. The van der Waals surface area contributed by atoms with Crippen LogP contribution in [0.3, 0.4) is 0 Å². The Labute approximate surface area is 137 Å². The van der Waals surface area contributed by atoms with Crippen LogP contribution in [0.4, 0.5) is 0 Å². The lowest BCUT2D eigenvalue weighted by molar-refractivity contribution is -0.141. The predicted molar refractivity (Wildman–Crippen MR) is 89.8 cm³/mol. The van der Waals surface area contributed by atoms with E-state index in [2.05, 4.69) is 11.0 Å². The molecule has 2 N–H and O–H groups in total. The van der Waals surface area contributed by atoms with Crippen molar-refractivity contribution in [3.63, 3.8) is 0 Å². The van der Waals surface area contributed by atoms with Gasteiger partial charge in [0.2, 0.25) is 5.91 Å². The molecule has 1 aliphatic heterocycles. The highest BCUT2D eigenvalue weighted by Crippen LogP contribution is 2.43. The molecule has 22 heavy (non-hydrogen) atoms. The van der Waals surface area contributed by atoms with Crippen LogP contribution in [-0.4, -0.2) is 30.4 Å². The minimum absolute atomic E-state index is 0.214. The van der Waals surface area contributed by atoms with Crippen LogP contribution in [0.2, 0.25) is 5.02 Å². The summed E-state index contributed by atoms with van der Waals surface area (Å²) in [5.74, 6) is 0.828. The summed E-state index contributed by atoms with van der Waals surface area (Å²) in [6, 6.07) is 7.96. The first-order valence-corrected chi connectivity index (χ1v) is 8.75. The molecule has 1 aliphatic carbocycles. The highest BCUT2D eigenvalue weighted by molar-refractivity contribution is 6.30. The van der Waals surface area contributed by atoms with Crippen molar-refractivity contribution in [3.8, 4) is 0 Å². The Morgan fingerprint density at radius 2 is 2.14 bits per heavy atom. The van der Waals surface area contributed by atoms with Crippen LogP contribution >= 0.6 is 11.6 Å². The lowest BCUT2D eigenvalue weighted by Gasteiger charge is -2.32. The molecule has 3 nitrogen and oxygen atoms in total. The second-order valence-electron chi connectivity index (χ2n) is 6.94. The fourth-order valence-electron chi connectivity index (χ4n) is 4.10. The molecule has 1 unspecified atom stereocenters. The van der Waals surface area contributed by atoms with Crippen molar-refractivity contribution in [2.45, 2.75) is 38.5 Å². The number of rotatable bonds is 4. The van der Waals surface area contributed by atoms with Gasteiger partial charge in [-0.15, -0.1) is 0 Å². The smallest absolute Gasteiger partial charge is 0.229 e. The molecule has 1 aromatic carbocycles. The summed E-state index contributed by atoms with van der Waals surface area (Å²) in [6.45, 7) is 2.40. The minimum atomic E-state index is -0.214. The van der Waals surface area contributed by atoms with Crippen molar-refractivity contribution >= 4 is 17.5 Å². The molecule has 1 amide bonds. The van der Waals surface area contributed by atoms with E-state index in [1.165, 1.54) is 5.56 Å². The number of benzene rings is 1. The van der Waals surface area contributed by atoms with Crippen molar-refractivity contribution in [3.05, 3.63) is 34.9 Å². The van der Waals surface area contributed by atoms with Crippen LogP contribution in [0.25, 0.3) is 0 Å². The third kappa shape index (κ3) is 3.16. The summed E-state index contributed by atoms with van der Waals surface area (Å²) in [5.41, 5.74) is 6.73. The van der Waals surface area contributed by atoms with E-state index in [-0.39, 0.29) is 5.41 Å². The van der Waals surface area contributed by atoms with Crippen LogP contribution in [0, 0.1) is 11.3 Å². The molecule has 1 saturated heterocycles. The van der Waals surface area contributed by atoms with Crippen molar-refractivity contribution in [2.24, 2.45) is 17.1 Å². The van der Waals surface area contributed by atoms with Crippen LogP contribution in [0.5, 0.6) is 0 Å². The molecule has 1 heterocycles. The van der Waals surface area contributed by atoms with Crippen LogP contribution in [-0.2, 0) is 11.2 Å². The Morgan fingerprint density at radius 1 is 1.36 bits per heavy atom. The maximum Gasteiger partial charge on any atom is 0.229 e. The number of halogens is 1. The molecule has 4 heteroatoms. The molecule has 1 aromatic rings. The quantitative estimate of drug-likeness (QED) is 0.925. The zero-order chi connectivity index (χ0) is 15.6. The van der Waals surface area contributed by atoms with Crippen molar-refractivity contribution in [1.29, 1.82) is 0 Å². The molecule has 0 spiro atoms. The molecule has 0 radical (unpaired) electrons. The van der Waals surface area contributed by atoms with Gasteiger partial charge in [-0.05, 0) is 55.8 Å². The summed E-state index contributed by atoms with van der Waals surface area (Å²) < 4.78 is 0. The Hall–Kier alpha value is -1.06. The molecule has 1 saturated carbocycles. The lowest BCUT2D eigenvalue weighted by atomic mass is 9.78. The minimum Gasteiger partial charge on any atom is -0.342 e. The number of likely N-dealkylation sites (tertiary alicyclic amines) is 1. The highest BCUT2D eigenvalue weighted by atomic mass is 35.5. The average Bonchev–Trinajstić information content (AvgIpc) is 3.16. The zero-order valence-electron chi connectivity index (χ0n) is 13.1. The zero-order valence-corrected chi connectivity index (χ0v) is 13.8. The highest BCUT2D eigenvalue weighted by Gasteiger charge is 2.44. The maximum absolute atomic E-state index is 13.2. The van der Waals surface area contributed by atoms with Gasteiger partial charge in [-0.1, -0.05) is 36.6 Å². The SMILES string of the molecule is NCC1CCN(C(=O)C2(Cc3cccc(Cl)c3)CCCC2)C1. The van der Waals surface area contributed by atoms with Crippen LogP contribution in [0.1, 0.15) is 37.7 Å². The van der Waals surface area contributed by atoms with Gasteiger partial charge in [0.05, 0.1) is 5.41 Å². The molecule has 0 aromatic heterocycles. The maximum atomic E-state index is 13.2. The first kappa shape index (κ1) is 15.8. The summed E-state index contributed by atoms with van der Waals surface area (Å²) in [7, 11) is 0. The second-order valence-corrected chi connectivity index (χ2v) is 7.37. The van der Waals surface area contributed by atoms with Gasteiger partial charge in [0.25, 0.3) is 0 Å². The van der Waals surface area contributed by atoms with E-state index in [0.717, 1.165) is 56.6 Å². The summed E-state index contributed by atoms with van der Waals surface area (Å²) in [6.07, 6.45) is 6.18. The molecule has 120 valence electrons. The number of amides is 1. The normalized spacial score (nSPS) is 23.9. The van der Waals surface area contributed by atoms with Crippen molar-refractivity contribution < 1.29 is 4.79 Å². The lowest BCUT2D eigenvalue weighted by Crippen LogP contribution is -2.43. The molecule has 0 bridgehead atoms. The van der Waals surface area contributed by atoms with Crippen LogP contribution < -0.4 is 5.73 Å². The Morgan fingerprint density at radius 3 is 2.77 bits per heavy atom. The Balaban J connectivity index is 1.78. The topological polar surface area (TPSA) is 46.3 Å². The van der Waals surface area contributed by atoms with Gasteiger partial charge in [0.1, 0.15) is 0 Å². The number of hydrogen-bond acceptors (Lipinski definition) is 2. The van der Waals surface area contributed by atoms with Gasteiger partial charge in [-0.3, -0.25) is 4.79 Å². The molecule has 2 aliphatic rings. The molecular formula is C18H25ClN2O. The average molecular weight is 321 g/mol. The van der Waals surface area contributed by atoms with Crippen molar-refractivity contribution in [2.75, 3.05) is 19.6 Å². The van der Waals surface area contributed by atoms with E-state index in [1.54, 1.807) is 0 Å². The largest absolute Gasteiger partial charge is 0.342 e. The number of carbonyl (C=O) groups excluding carboxylic acids is 1. The standard InChI is InChI=1S/C18H25ClN2O/c19-16-5-3-4-14(10-16)11-18(7-1-2-8-18)17(22)21-9-6-15(12-20)13-21/h3-5,10,15H,1-2,6-9,11-13,20H2. The van der Waals surface area contributed by atoms with Gasteiger partial charge in [0, 0.05) is 18.1 Å². The van der Waals surface area contributed by atoms with E-state index in [4.69, 9.17) is 17.3 Å². The van der Waals surface area contributed by atoms with E-state index in [0.29, 0.717) is 18.4 Å². The number of carbonyl (C=O) groups is 1. The third-order valence-corrected chi connectivity index (χ3v) is 5.59. The summed E-state index contributed by atoms with van der Waals surface area (Å²) in [4.78, 5) is 15.2. The van der Waals surface area contributed by atoms with Crippen molar-refractivity contribution in [1.82, 2.24) is 4.90 Å². The van der Waals surface area contributed by atoms with Gasteiger partial charge in [-0.25, -0.2) is 0 Å². The van der Waals surface area contributed by atoms with Gasteiger partial charge in [0.15, 0.2) is 0 Å². The molecule has 2 fully saturated rings. The monoisotopic (exact) mass is 320 g/mol. The number of hydrogen-bond donors (Lipinski definition) is 1. The first-order valence-electron chi connectivity index (χ1n) is 8.37. The van der Waals surface area contributed by atoms with Gasteiger partial charge < -0.3 is 10.6 Å². The van der Waals surface area contributed by atoms with E-state index in [9.17, 15) is 4.79 Å². The Bertz CT molecular complexity index is 540. The van der Waals surface area contributed by atoms with E-state index in [1.807, 2.05) is 18.2 Å². The number of nitrogens with zero attached hydrogens (tertiary/aromatic N) is 1. The second kappa shape index (κ2) is 6.59. The number of nitrogens with two attached hydrogens (primary N) is 1. The van der Waals surface area contributed by atoms with Gasteiger partial charge >= 0.3 is 0 Å². The van der Waals surface area contributed by atoms with E-state index < -0.39 is 0 Å². The fraction of sp³-hybridized carbons (Fsp3) is 0.611. The summed E-state index contributed by atoms with van der Waals surface area (Å²) >= 11 is 6.11. The summed E-state index contributed by atoms with van der Waals surface area (Å²) in [5, 5.41) is 0.752. The third-order valence-electron chi connectivity index (χ3n) is 5.35. The predicted octanol–water partition coefficient (Wildman–Crippen LogP) is 3.25. The van der Waals surface area contributed by atoms with Crippen LogP contribution in [0.15, 0.2) is 24.3 Å². The molecular weight excluding hydrogens is 296 g/mol. The van der Waals surface area contributed by atoms with Gasteiger partial charge in [-0.2, -0.15) is 0 Å². The molecule has 3 rings (SSSR count). The molecule has 1 atom stereocenters. The first-order chi connectivity index (χ1) is 10.6. The van der Waals surface area contributed by atoms with E-state index >= 15 is 0 Å².